The Bertz CT molecular complexity index is 767. The van der Waals surface area contributed by atoms with E-state index in [0.29, 0.717) is 23.7 Å². The van der Waals surface area contributed by atoms with Gasteiger partial charge < -0.3 is 24.4 Å². The van der Waals surface area contributed by atoms with E-state index in [1.165, 1.54) is 23.1 Å². The van der Waals surface area contributed by atoms with Crippen molar-refractivity contribution in [1.29, 1.82) is 0 Å². The van der Waals surface area contributed by atoms with Crippen LogP contribution in [0.4, 0.5) is 23.7 Å². The van der Waals surface area contributed by atoms with Gasteiger partial charge in [-0.2, -0.15) is 13.2 Å². The standard InChI is InChI=1S/C19H21F3N2O4/c1-24(10-11-27-16-8-6-15(26-2)7-9-16)18(25)23-14-4-3-5-17(12-14)28-13-19(20,21)22/h3-9,12H,10-11,13H2,1-2H3,(H,23,25). The summed E-state index contributed by atoms with van der Waals surface area (Å²) in [5, 5.41) is 2.60. The lowest BCUT2D eigenvalue weighted by molar-refractivity contribution is -0.153. The highest BCUT2D eigenvalue weighted by Gasteiger charge is 2.28. The number of anilines is 1. The maximum absolute atomic E-state index is 12.2. The Balaban J connectivity index is 1.79. The Labute approximate surface area is 160 Å². The number of carbonyl (C=O) groups excluding carboxylic acids is 1. The molecule has 0 radical (unpaired) electrons. The molecule has 2 rings (SSSR count). The van der Waals surface area contributed by atoms with Crippen LogP contribution < -0.4 is 19.5 Å². The van der Waals surface area contributed by atoms with Crippen LogP contribution >= 0.6 is 0 Å². The second-order valence-corrected chi connectivity index (χ2v) is 5.81. The first-order valence-corrected chi connectivity index (χ1v) is 8.35. The molecule has 0 aliphatic carbocycles. The number of methoxy groups -OCH3 is 1. The third-order valence-corrected chi connectivity index (χ3v) is 3.59. The van der Waals surface area contributed by atoms with E-state index in [-0.39, 0.29) is 12.4 Å². The highest BCUT2D eigenvalue weighted by molar-refractivity contribution is 5.89. The van der Waals surface area contributed by atoms with E-state index in [0.717, 1.165) is 0 Å². The van der Waals surface area contributed by atoms with E-state index in [1.54, 1.807) is 44.5 Å². The van der Waals surface area contributed by atoms with Crippen LogP contribution in [0.5, 0.6) is 17.2 Å². The molecule has 0 unspecified atom stereocenters. The molecule has 0 saturated carbocycles. The van der Waals surface area contributed by atoms with E-state index in [9.17, 15) is 18.0 Å². The number of carbonyl (C=O) groups is 1. The normalized spacial score (nSPS) is 10.9. The monoisotopic (exact) mass is 398 g/mol. The minimum Gasteiger partial charge on any atom is -0.497 e. The average Bonchev–Trinajstić information content (AvgIpc) is 2.66. The first-order valence-electron chi connectivity index (χ1n) is 8.35. The second-order valence-electron chi connectivity index (χ2n) is 5.81. The summed E-state index contributed by atoms with van der Waals surface area (Å²) in [6.07, 6.45) is -4.43. The zero-order chi connectivity index (χ0) is 20.6. The van der Waals surface area contributed by atoms with E-state index < -0.39 is 18.8 Å². The van der Waals surface area contributed by atoms with Gasteiger partial charge in [0.25, 0.3) is 0 Å². The van der Waals surface area contributed by atoms with Gasteiger partial charge >= 0.3 is 12.2 Å². The Morgan fingerprint density at radius 3 is 2.36 bits per heavy atom. The first kappa shape index (κ1) is 21.2. The highest BCUT2D eigenvalue weighted by Crippen LogP contribution is 2.21. The van der Waals surface area contributed by atoms with Crippen molar-refractivity contribution in [2.24, 2.45) is 0 Å². The highest BCUT2D eigenvalue weighted by atomic mass is 19.4. The van der Waals surface area contributed by atoms with Crippen molar-refractivity contribution in [2.45, 2.75) is 6.18 Å². The number of benzene rings is 2. The molecule has 1 N–H and O–H groups in total. The number of alkyl halides is 3. The molecule has 9 heteroatoms. The number of ether oxygens (including phenoxy) is 3. The van der Waals surface area contributed by atoms with Crippen molar-refractivity contribution < 1.29 is 32.2 Å². The van der Waals surface area contributed by atoms with Crippen LogP contribution in [0.25, 0.3) is 0 Å². The lowest BCUT2D eigenvalue weighted by Crippen LogP contribution is -2.34. The third kappa shape index (κ3) is 7.26. The van der Waals surface area contributed by atoms with Crippen molar-refractivity contribution in [3.05, 3.63) is 48.5 Å². The molecule has 0 heterocycles. The van der Waals surface area contributed by atoms with Crippen LogP contribution in [0.1, 0.15) is 0 Å². The zero-order valence-corrected chi connectivity index (χ0v) is 15.5. The van der Waals surface area contributed by atoms with Gasteiger partial charge in [-0.1, -0.05) is 6.07 Å². The molecule has 0 spiro atoms. The number of hydrogen-bond donors (Lipinski definition) is 1. The van der Waals surface area contributed by atoms with Gasteiger partial charge in [0.15, 0.2) is 6.61 Å². The molecule has 0 aliphatic heterocycles. The predicted molar refractivity (Wildman–Crippen MR) is 98.1 cm³/mol. The summed E-state index contributed by atoms with van der Waals surface area (Å²) in [6, 6.07) is 12.4. The molecule has 0 bridgehead atoms. The maximum Gasteiger partial charge on any atom is 0.422 e. The largest absolute Gasteiger partial charge is 0.497 e. The summed E-state index contributed by atoms with van der Waals surface area (Å²) >= 11 is 0. The van der Waals surface area contributed by atoms with Crippen LogP contribution in [0.15, 0.2) is 48.5 Å². The van der Waals surface area contributed by atoms with Crippen LogP contribution in [-0.4, -0.2) is 51.0 Å². The molecule has 2 aromatic rings. The number of rotatable bonds is 8. The molecule has 28 heavy (non-hydrogen) atoms. The summed E-state index contributed by atoms with van der Waals surface area (Å²) in [4.78, 5) is 13.6. The molecular weight excluding hydrogens is 377 g/mol. The Hall–Kier alpha value is -3.10. The fourth-order valence-corrected chi connectivity index (χ4v) is 2.12. The van der Waals surface area contributed by atoms with E-state index in [1.807, 2.05) is 0 Å². The third-order valence-electron chi connectivity index (χ3n) is 3.59. The Morgan fingerprint density at radius 1 is 1.04 bits per heavy atom. The molecule has 0 saturated heterocycles. The number of likely N-dealkylation sites (N-methyl/N-ethyl adjacent to an activating group) is 1. The number of halogens is 3. The minimum atomic E-state index is -4.43. The lowest BCUT2D eigenvalue weighted by atomic mass is 10.3. The zero-order valence-electron chi connectivity index (χ0n) is 15.5. The van der Waals surface area contributed by atoms with Crippen LogP contribution in [0, 0.1) is 0 Å². The molecule has 2 aromatic carbocycles. The fraction of sp³-hybridized carbons (Fsp3) is 0.316. The minimum absolute atomic E-state index is 0.0145. The van der Waals surface area contributed by atoms with Gasteiger partial charge in [0.05, 0.1) is 13.7 Å². The van der Waals surface area contributed by atoms with E-state index in [4.69, 9.17) is 9.47 Å². The number of urea groups is 1. The van der Waals surface area contributed by atoms with E-state index in [2.05, 4.69) is 10.1 Å². The smallest absolute Gasteiger partial charge is 0.422 e. The fourth-order valence-electron chi connectivity index (χ4n) is 2.12. The quantitative estimate of drug-likeness (QED) is 0.725. The van der Waals surface area contributed by atoms with Gasteiger partial charge in [-0.15, -0.1) is 0 Å². The van der Waals surface area contributed by atoms with Crippen molar-refractivity contribution >= 4 is 11.7 Å². The SMILES string of the molecule is COc1ccc(OCCN(C)C(=O)Nc2cccc(OCC(F)(F)F)c2)cc1. The van der Waals surface area contributed by atoms with Gasteiger partial charge in [0, 0.05) is 18.8 Å². The molecule has 0 aromatic heterocycles. The second kappa shape index (κ2) is 9.72. The first-order chi connectivity index (χ1) is 13.3. The van der Waals surface area contributed by atoms with Crippen molar-refractivity contribution in [1.82, 2.24) is 4.90 Å². The van der Waals surface area contributed by atoms with Gasteiger partial charge in [-0.05, 0) is 36.4 Å². The Morgan fingerprint density at radius 2 is 1.71 bits per heavy atom. The van der Waals surface area contributed by atoms with Gasteiger partial charge in [0.2, 0.25) is 0 Å². The van der Waals surface area contributed by atoms with Crippen LogP contribution in [0.3, 0.4) is 0 Å². The van der Waals surface area contributed by atoms with Crippen molar-refractivity contribution in [2.75, 3.05) is 39.2 Å². The number of nitrogens with zero attached hydrogens (tertiary/aromatic N) is 1. The lowest BCUT2D eigenvalue weighted by Gasteiger charge is -2.18. The molecular formula is C19H21F3N2O4. The summed E-state index contributed by atoms with van der Waals surface area (Å²) in [5.41, 5.74) is 0.326. The maximum atomic E-state index is 12.2. The molecule has 6 nitrogen and oxygen atoms in total. The Kier molecular flexibility index (Phi) is 7.36. The van der Waals surface area contributed by atoms with Crippen molar-refractivity contribution in [3.63, 3.8) is 0 Å². The molecule has 0 aliphatic rings. The molecule has 0 atom stereocenters. The molecule has 0 fully saturated rings. The average molecular weight is 398 g/mol. The van der Waals surface area contributed by atoms with Gasteiger partial charge in [-0.3, -0.25) is 0 Å². The molecule has 152 valence electrons. The van der Waals surface area contributed by atoms with Gasteiger partial charge in [0.1, 0.15) is 23.9 Å². The summed E-state index contributed by atoms with van der Waals surface area (Å²) < 4.78 is 51.9. The number of nitrogens with one attached hydrogen (secondary N) is 1. The summed E-state index contributed by atoms with van der Waals surface area (Å²) in [7, 11) is 3.15. The van der Waals surface area contributed by atoms with Gasteiger partial charge in [-0.25, -0.2) is 4.79 Å². The topological polar surface area (TPSA) is 60.0 Å². The van der Waals surface area contributed by atoms with Crippen LogP contribution in [-0.2, 0) is 0 Å². The van der Waals surface area contributed by atoms with Crippen LogP contribution in [0.2, 0.25) is 0 Å². The summed E-state index contributed by atoms with van der Waals surface area (Å²) in [5.74, 6) is 1.37. The summed E-state index contributed by atoms with van der Waals surface area (Å²) in [6.45, 7) is -0.819. The molecule has 2 amide bonds. The number of hydrogen-bond acceptors (Lipinski definition) is 4. The number of amides is 2. The predicted octanol–water partition coefficient (Wildman–Crippen LogP) is 4.18. The van der Waals surface area contributed by atoms with E-state index >= 15 is 0 Å². The van der Waals surface area contributed by atoms with Crippen molar-refractivity contribution in [3.8, 4) is 17.2 Å².